The quantitative estimate of drug-likeness (QED) is 0.115. The van der Waals surface area contributed by atoms with E-state index in [0.29, 0.717) is 17.9 Å². The lowest BCUT2D eigenvalue weighted by atomic mass is 9.93. The van der Waals surface area contributed by atoms with E-state index in [1.165, 1.54) is 6.07 Å². The Balaban J connectivity index is 2.17. The molecule has 1 heterocycles. The van der Waals surface area contributed by atoms with Crippen molar-refractivity contribution in [3.8, 4) is 5.75 Å². The summed E-state index contributed by atoms with van der Waals surface area (Å²) in [5, 5.41) is 0. The van der Waals surface area contributed by atoms with E-state index in [0.717, 1.165) is 25.3 Å². The number of phosphoric ester groups is 1. The molecule has 1 atom stereocenters. The third-order valence-electron chi connectivity index (χ3n) is 5.75. The van der Waals surface area contributed by atoms with Crippen molar-refractivity contribution in [2.75, 3.05) is 19.8 Å². The Morgan fingerprint density at radius 1 is 1.07 bits per heavy atom. The number of unbranched alkanes of at least 4 members (excludes halogenated alkanes) is 3. The largest absolute Gasteiger partial charge is 0.493 e. The molecule has 7 nitrogen and oxygen atoms in total. The van der Waals surface area contributed by atoms with Crippen molar-refractivity contribution in [3.63, 3.8) is 0 Å². The van der Waals surface area contributed by atoms with Crippen molar-refractivity contribution in [1.82, 2.24) is 0 Å². The smallest absolute Gasteiger partial charge is 0.475 e. The van der Waals surface area contributed by atoms with Crippen LogP contribution in [-0.2, 0) is 35.5 Å². The number of hydrogen-bond acceptors (Lipinski definition) is 7. The molecule has 0 aromatic heterocycles. The van der Waals surface area contributed by atoms with Crippen LogP contribution in [0.15, 0.2) is 35.8 Å². The number of benzene rings is 1. The van der Waals surface area contributed by atoms with E-state index in [1.807, 2.05) is 6.08 Å². The molecule has 0 amide bonds. The number of aliphatic imine (C=N–C) groups is 1. The van der Waals surface area contributed by atoms with Crippen LogP contribution in [0.5, 0.6) is 5.75 Å². The van der Waals surface area contributed by atoms with Crippen LogP contribution in [0.2, 0.25) is 0 Å². The molecular formula is C29H45F3NO6P. The molecule has 1 unspecified atom stereocenters. The van der Waals surface area contributed by atoms with E-state index in [-0.39, 0.29) is 38.4 Å². The van der Waals surface area contributed by atoms with Crippen molar-refractivity contribution in [1.29, 1.82) is 0 Å². The van der Waals surface area contributed by atoms with Crippen LogP contribution >= 0.6 is 7.82 Å². The van der Waals surface area contributed by atoms with Gasteiger partial charge < -0.3 is 9.47 Å². The number of rotatable bonds is 15. The molecule has 1 aliphatic rings. The fraction of sp³-hybridized carbons (Fsp3) is 0.690. The second-order valence-electron chi connectivity index (χ2n) is 12.1. The second kappa shape index (κ2) is 13.9. The first kappa shape index (κ1) is 34.3. The molecule has 0 fully saturated rings. The molecule has 40 heavy (non-hydrogen) atoms. The van der Waals surface area contributed by atoms with Gasteiger partial charge in [-0.2, -0.15) is 13.2 Å². The van der Waals surface area contributed by atoms with Gasteiger partial charge in [-0.3, -0.25) is 13.6 Å². The Morgan fingerprint density at radius 2 is 1.73 bits per heavy atom. The van der Waals surface area contributed by atoms with Crippen LogP contribution in [-0.4, -0.2) is 42.5 Å². The SMILES string of the molecule is C=CCCCCCOc1ccc(CCC2(COP(=O)(OC(C)(C)C)OC(C)(C)C)COC(C)=N2)cc1C(F)(F)F. The molecule has 2 rings (SSSR count). The zero-order valence-corrected chi connectivity index (χ0v) is 25.8. The van der Waals surface area contributed by atoms with Gasteiger partial charge in [0.25, 0.3) is 0 Å². The zero-order valence-electron chi connectivity index (χ0n) is 24.9. The van der Waals surface area contributed by atoms with Gasteiger partial charge in [-0.25, -0.2) is 9.56 Å². The van der Waals surface area contributed by atoms with Crippen molar-refractivity contribution in [2.24, 2.45) is 4.99 Å². The van der Waals surface area contributed by atoms with E-state index in [9.17, 15) is 17.7 Å². The second-order valence-corrected chi connectivity index (χ2v) is 13.6. The van der Waals surface area contributed by atoms with E-state index in [4.69, 9.17) is 23.0 Å². The Morgan fingerprint density at radius 3 is 2.25 bits per heavy atom. The summed E-state index contributed by atoms with van der Waals surface area (Å²) in [5.41, 5.74) is -2.96. The van der Waals surface area contributed by atoms with E-state index in [2.05, 4.69) is 11.6 Å². The first-order valence-corrected chi connectivity index (χ1v) is 15.1. The number of allylic oxidation sites excluding steroid dienone is 1. The molecule has 0 bridgehead atoms. The van der Waals surface area contributed by atoms with E-state index in [1.54, 1.807) is 54.5 Å². The standard InChI is InChI=1S/C29H45F3NO6P/c1-9-10-11-12-13-18-35-25-15-14-23(19-24(25)29(30,31)32)16-17-28(20-36-22(2)33-28)21-37-40(34,38-26(3,4)5)39-27(6,7)8/h9,14-15,19H,1,10-13,16-18,20-21H2,2-8H3. The molecule has 0 saturated heterocycles. The van der Waals surface area contributed by atoms with Crippen LogP contribution < -0.4 is 4.74 Å². The van der Waals surface area contributed by atoms with E-state index < -0.39 is 36.3 Å². The summed E-state index contributed by atoms with van der Waals surface area (Å²) < 4.78 is 83.5. The van der Waals surface area contributed by atoms with Crippen molar-refractivity contribution >= 4 is 13.7 Å². The highest BCUT2D eigenvalue weighted by molar-refractivity contribution is 7.48. The van der Waals surface area contributed by atoms with Crippen molar-refractivity contribution in [2.45, 2.75) is 110 Å². The maximum absolute atomic E-state index is 13.9. The third kappa shape index (κ3) is 11.9. The average molecular weight is 592 g/mol. The summed E-state index contributed by atoms with van der Waals surface area (Å²) in [5.74, 6) is 0.232. The molecule has 0 saturated carbocycles. The predicted octanol–water partition coefficient (Wildman–Crippen LogP) is 8.71. The van der Waals surface area contributed by atoms with Gasteiger partial charge in [0.05, 0.1) is 30.0 Å². The van der Waals surface area contributed by atoms with Gasteiger partial charge in [0, 0.05) is 6.92 Å². The summed E-state index contributed by atoms with van der Waals surface area (Å²) in [7, 11) is -4.02. The number of aryl methyl sites for hydroxylation is 1. The lowest BCUT2D eigenvalue weighted by Crippen LogP contribution is -2.36. The van der Waals surface area contributed by atoms with Gasteiger partial charge in [-0.15, -0.1) is 6.58 Å². The fourth-order valence-corrected chi connectivity index (χ4v) is 5.94. The first-order valence-electron chi connectivity index (χ1n) is 13.6. The number of nitrogens with zero attached hydrogens (tertiary/aromatic N) is 1. The Labute approximate surface area is 237 Å². The highest BCUT2D eigenvalue weighted by atomic mass is 31.2. The predicted molar refractivity (Wildman–Crippen MR) is 151 cm³/mol. The molecular weight excluding hydrogens is 546 g/mol. The number of ether oxygens (including phenoxy) is 2. The molecule has 0 radical (unpaired) electrons. The third-order valence-corrected chi connectivity index (χ3v) is 7.73. The van der Waals surface area contributed by atoms with Gasteiger partial charge in [0.2, 0.25) is 0 Å². The summed E-state index contributed by atoms with van der Waals surface area (Å²) in [6, 6.07) is 4.11. The minimum atomic E-state index is -4.57. The number of alkyl halides is 3. The van der Waals surface area contributed by atoms with Crippen LogP contribution in [0, 0.1) is 0 Å². The molecule has 228 valence electrons. The highest BCUT2D eigenvalue weighted by Crippen LogP contribution is 2.56. The lowest BCUT2D eigenvalue weighted by Gasteiger charge is -2.33. The zero-order chi connectivity index (χ0) is 30.2. The van der Waals surface area contributed by atoms with E-state index >= 15 is 0 Å². The van der Waals surface area contributed by atoms with Gasteiger partial charge >= 0.3 is 14.0 Å². The molecule has 1 aromatic rings. The molecule has 1 aromatic carbocycles. The van der Waals surface area contributed by atoms with Crippen molar-refractivity contribution in [3.05, 3.63) is 42.0 Å². The fourth-order valence-electron chi connectivity index (χ4n) is 4.06. The van der Waals surface area contributed by atoms with Gasteiger partial charge in [-0.05, 0) is 97.8 Å². The highest BCUT2D eigenvalue weighted by Gasteiger charge is 2.43. The minimum Gasteiger partial charge on any atom is -0.493 e. The lowest BCUT2D eigenvalue weighted by molar-refractivity contribution is -0.139. The number of phosphoric acid groups is 1. The minimum absolute atomic E-state index is 0.128. The van der Waals surface area contributed by atoms with Crippen LogP contribution in [0.4, 0.5) is 13.2 Å². The molecule has 1 aliphatic heterocycles. The Hall–Kier alpha value is -1.87. The normalized spacial score (nSPS) is 18.4. The first-order chi connectivity index (χ1) is 18.4. The number of halogens is 3. The molecule has 0 spiro atoms. The van der Waals surface area contributed by atoms with Crippen LogP contribution in [0.3, 0.4) is 0 Å². The molecule has 0 aliphatic carbocycles. The van der Waals surface area contributed by atoms with Gasteiger partial charge in [-0.1, -0.05) is 12.1 Å². The maximum Gasteiger partial charge on any atom is 0.475 e. The van der Waals surface area contributed by atoms with Gasteiger partial charge in [0.15, 0.2) is 5.90 Å². The topological polar surface area (TPSA) is 75.6 Å². The Kier molecular flexibility index (Phi) is 11.9. The summed E-state index contributed by atoms with van der Waals surface area (Å²) in [6.07, 6.45) is 1.10. The summed E-state index contributed by atoms with van der Waals surface area (Å²) in [6.45, 7) is 15.9. The Bertz CT molecular complexity index is 1040. The number of hydrogen-bond donors (Lipinski definition) is 0. The van der Waals surface area contributed by atoms with Crippen LogP contribution in [0.25, 0.3) is 0 Å². The maximum atomic E-state index is 13.9. The van der Waals surface area contributed by atoms with Crippen LogP contribution in [0.1, 0.15) is 91.7 Å². The monoisotopic (exact) mass is 591 g/mol. The summed E-state index contributed by atoms with van der Waals surface area (Å²) in [4.78, 5) is 4.58. The molecule has 11 heteroatoms. The van der Waals surface area contributed by atoms with Crippen molar-refractivity contribution < 1.29 is 40.8 Å². The average Bonchev–Trinajstić information content (AvgIpc) is 3.17. The molecule has 0 N–H and O–H groups in total. The van der Waals surface area contributed by atoms with Gasteiger partial charge in [0.1, 0.15) is 17.9 Å². The summed E-state index contributed by atoms with van der Waals surface area (Å²) >= 11 is 0.